The standard InChI is InChI=1S/C10H6N4O4/c15-9-7-8(11-10(16)12-9)14(18)6-4-2-1-3-5(6)13(7)17/h1-4H,(H2,11,12,15,16). The van der Waals surface area contributed by atoms with Crippen LogP contribution in [0.3, 0.4) is 0 Å². The summed E-state index contributed by atoms with van der Waals surface area (Å²) >= 11 is 0. The number of nitrogens with zero attached hydrogens (tertiary/aromatic N) is 2. The van der Waals surface area contributed by atoms with Crippen LogP contribution >= 0.6 is 0 Å². The van der Waals surface area contributed by atoms with Crippen LogP contribution in [-0.4, -0.2) is 9.97 Å². The Hall–Kier alpha value is -2.90. The number of para-hydroxylation sites is 2. The number of fused-ring (bicyclic) bond motifs is 2. The zero-order valence-electron chi connectivity index (χ0n) is 8.84. The molecule has 2 aromatic heterocycles. The minimum atomic E-state index is -0.904. The van der Waals surface area contributed by atoms with Gasteiger partial charge in [-0.3, -0.25) is 4.79 Å². The van der Waals surface area contributed by atoms with Gasteiger partial charge in [0.1, 0.15) is 0 Å². The molecule has 8 heteroatoms. The molecule has 0 fully saturated rings. The number of rotatable bonds is 0. The SMILES string of the molecule is O=c1[nH]c(=O)c2c([nH]1)[n+]([O-])c1ccccc1[n+]2[O-]. The molecule has 1 aromatic carbocycles. The van der Waals surface area contributed by atoms with E-state index in [1.165, 1.54) is 12.1 Å². The third-order valence-electron chi connectivity index (χ3n) is 2.62. The molecule has 18 heavy (non-hydrogen) atoms. The lowest BCUT2D eigenvalue weighted by Gasteiger charge is -2.08. The van der Waals surface area contributed by atoms with Gasteiger partial charge in [0.05, 0.1) is 0 Å². The molecule has 0 aliphatic carbocycles. The molecule has 0 unspecified atom stereocenters. The lowest BCUT2D eigenvalue weighted by Crippen LogP contribution is -2.45. The third kappa shape index (κ3) is 1.19. The van der Waals surface area contributed by atoms with Crippen LogP contribution < -0.4 is 20.7 Å². The van der Waals surface area contributed by atoms with E-state index in [9.17, 15) is 20.0 Å². The summed E-state index contributed by atoms with van der Waals surface area (Å²) in [5, 5.41) is 24.0. The normalized spacial score (nSPS) is 11.1. The molecule has 0 saturated heterocycles. The number of H-pyrrole nitrogens is 2. The van der Waals surface area contributed by atoms with Gasteiger partial charge in [-0.1, -0.05) is 12.1 Å². The molecule has 0 amide bonds. The molecular formula is C10H6N4O4. The van der Waals surface area contributed by atoms with Crippen LogP contribution in [0.4, 0.5) is 0 Å². The summed E-state index contributed by atoms with van der Waals surface area (Å²) in [5.41, 5.74) is -2.41. The predicted octanol–water partition coefficient (Wildman–Crippen LogP) is -1.36. The molecule has 2 N–H and O–H groups in total. The summed E-state index contributed by atoms with van der Waals surface area (Å²) in [6.07, 6.45) is 0. The number of benzene rings is 1. The number of hydrogen-bond donors (Lipinski definition) is 2. The molecule has 0 radical (unpaired) electrons. The molecule has 0 atom stereocenters. The lowest BCUT2D eigenvalue weighted by atomic mass is 10.3. The zero-order valence-corrected chi connectivity index (χ0v) is 8.84. The summed E-state index contributed by atoms with van der Waals surface area (Å²) in [4.78, 5) is 26.8. The van der Waals surface area contributed by atoms with Crippen molar-refractivity contribution in [3.05, 3.63) is 55.5 Å². The van der Waals surface area contributed by atoms with Gasteiger partial charge in [0.15, 0.2) is 0 Å². The number of aromatic amines is 2. The number of nitrogens with one attached hydrogen (secondary N) is 2. The van der Waals surface area contributed by atoms with Crippen LogP contribution in [-0.2, 0) is 0 Å². The molecular weight excluding hydrogens is 240 g/mol. The molecule has 3 rings (SSSR count). The van der Waals surface area contributed by atoms with Crippen LogP contribution in [0.1, 0.15) is 0 Å². The summed E-state index contributed by atoms with van der Waals surface area (Å²) in [6, 6.07) is 5.99. The predicted molar refractivity (Wildman–Crippen MR) is 60.6 cm³/mol. The number of hydrogen-bond acceptors (Lipinski definition) is 4. The first kappa shape index (κ1) is 10.3. The molecule has 0 aliphatic rings. The van der Waals surface area contributed by atoms with Crippen molar-refractivity contribution in [1.82, 2.24) is 9.97 Å². The van der Waals surface area contributed by atoms with Gasteiger partial charge >= 0.3 is 22.4 Å². The highest BCUT2D eigenvalue weighted by molar-refractivity contribution is 5.73. The van der Waals surface area contributed by atoms with Gasteiger partial charge in [-0.15, -0.1) is 4.73 Å². The highest BCUT2D eigenvalue weighted by Crippen LogP contribution is 2.06. The monoisotopic (exact) mass is 246 g/mol. The van der Waals surface area contributed by atoms with Gasteiger partial charge in [-0.25, -0.2) is 14.5 Å². The van der Waals surface area contributed by atoms with Crippen LogP contribution in [0.25, 0.3) is 22.2 Å². The maximum atomic E-state index is 12.0. The first-order valence-electron chi connectivity index (χ1n) is 5.00. The van der Waals surface area contributed by atoms with Crippen LogP contribution in [0, 0.1) is 10.4 Å². The Labute approximate surface area is 97.9 Å². The molecule has 0 saturated carbocycles. The van der Waals surface area contributed by atoms with Crippen molar-refractivity contribution >= 4 is 22.2 Å². The molecule has 3 aromatic rings. The van der Waals surface area contributed by atoms with E-state index in [2.05, 4.69) is 4.98 Å². The van der Waals surface area contributed by atoms with Gasteiger partial charge in [-0.05, 0) is 6.07 Å². The smallest absolute Gasteiger partial charge is 0.413 e. The molecule has 0 aliphatic heterocycles. The Morgan fingerprint density at radius 1 is 0.944 bits per heavy atom. The molecule has 90 valence electrons. The lowest BCUT2D eigenvalue weighted by molar-refractivity contribution is -0.593. The van der Waals surface area contributed by atoms with Crippen molar-refractivity contribution in [2.45, 2.75) is 0 Å². The first-order valence-corrected chi connectivity index (χ1v) is 5.00. The van der Waals surface area contributed by atoms with Crippen LogP contribution in [0.5, 0.6) is 0 Å². The van der Waals surface area contributed by atoms with Crippen molar-refractivity contribution in [2.24, 2.45) is 0 Å². The summed E-state index contributed by atoms with van der Waals surface area (Å²) in [7, 11) is 0. The van der Waals surface area contributed by atoms with Crippen molar-refractivity contribution in [3.63, 3.8) is 0 Å². The van der Waals surface area contributed by atoms with Crippen molar-refractivity contribution in [1.29, 1.82) is 0 Å². The fourth-order valence-corrected chi connectivity index (χ4v) is 1.85. The van der Waals surface area contributed by atoms with E-state index < -0.39 is 16.8 Å². The van der Waals surface area contributed by atoms with E-state index in [1.807, 2.05) is 4.98 Å². The van der Waals surface area contributed by atoms with Gasteiger partial charge in [0, 0.05) is 6.07 Å². The maximum absolute atomic E-state index is 12.0. The number of aromatic nitrogens is 4. The van der Waals surface area contributed by atoms with E-state index in [4.69, 9.17) is 0 Å². The van der Waals surface area contributed by atoms with Gasteiger partial charge in [0.2, 0.25) is 5.52 Å². The van der Waals surface area contributed by atoms with E-state index in [0.29, 0.717) is 9.46 Å². The molecule has 0 spiro atoms. The fourth-order valence-electron chi connectivity index (χ4n) is 1.85. The highest BCUT2D eigenvalue weighted by atomic mass is 16.5. The first-order chi connectivity index (χ1) is 8.59. The third-order valence-corrected chi connectivity index (χ3v) is 2.62. The van der Waals surface area contributed by atoms with Gasteiger partial charge in [-0.2, -0.15) is 4.98 Å². The summed E-state index contributed by atoms with van der Waals surface area (Å²) in [5.74, 6) is 0. The van der Waals surface area contributed by atoms with Gasteiger partial charge in [0.25, 0.3) is 5.52 Å². The highest BCUT2D eigenvalue weighted by Gasteiger charge is 2.23. The Balaban J connectivity index is 2.76. The zero-order chi connectivity index (χ0) is 12.9. The topological polar surface area (TPSA) is 120 Å². The minimum absolute atomic E-state index is 0.0533. The second-order valence-electron chi connectivity index (χ2n) is 3.68. The fraction of sp³-hybridized carbons (Fsp3) is 0. The second kappa shape index (κ2) is 3.29. The largest absolute Gasteiger partial charge is 0.710 e. The summed E-state index contributed by atoms with van der Waals surface area (Å²) in [6.45, 7) is 0. The molecule has 8 nitrogen and oxygen atoms in total. The van der Waals surface area contributed by atoms with Gasteiger partial charge < -0.3 is 10.4 Å². The second-order valence-corrected chi connectivity index (χ2v) is 3.68. The van der Waals surface area contributed by atoms with Crippen LogP contribution in [0.15, 0.2) is 33.9 Å². The average molecular weight is 246 g/mol. The minimum Gasteiger partial charge on any atom is -0.710 e. The van der Waals surface area contributed by atoms with E-state index in [-0.39, 0.29) is 16.7 Å². The summed E-state index contributed by atoms with van der Waals surface area (Å²) < 4.78 is 0.684. The van der Waals surface area contributed by atoms with E-state index in [0.717, 1.165) is 0 Å². The Morgan fingerprint density at radius 3 is 2.22 bits per heavy atom. The average Bonchev–Trinajstić information content (AvgIpc) is 2.35. The molecule has 2 heterocycles. The Bertz CT molecular complexity index is 896. The van der Waals surface area contributed by atoms with E-state index in [1.54, 1.807) is 12.1 Å². The van der Waals surface area contributed by atoms with Crippen molar-refractivity contribution in [3.8, 4) is 0 Å². The van der Waals surface area contributed by atoms with Crippen molar-refractivity contribution in [2.75, 3.05) is 0 Å². The Kier molecular flexibility index (Phi) is 1.88. The van der Waals surface area contributed by atoms with Crippen molar-refractivity contribution < 1.29 is 9.46 Å². The Morgan fingerprint density at radius 2 is 1.56 bits per heavy atom. The van der Waals surface area contributed by atoms with Crippen LogP contribution in [0.2, 0.25) is 0 Å². The quantitative estimate of drug-likeness (QED) is 0.289. The van der Waals surface area contributed by atoms with E-state index >= 15 is 0 Å². The maximum Gasteiger partial charge on any atom is 0.413 e. The molecule has 0 bridgehead atoms.